The number of aryl methyl sites for hydroxylation is 2. The quantitative estimate of drug-likeness (QED) is 0.0804. The van der Waals surface area contributed by atoms with Crippen LogP contribution in [0.5, 0.6) is 0 Å². The monoisotopic (exact) mass is 597 g/mol. The molecule has 0 fully saturated rings. The maximum atomic E-state index is 11.5. The summed E-state index contributed by atoms with van der Waals surface area (Å²) in [5.74, 6) is 0. The summed E-state index contributed by atoms with van der Waals surface area (Å²) in [6.07, 6.45) is 32.5. The molecule has 2 nitrogen and oxygen atoms in total. The van der Waals surface area contributed by atoms with Gasteiger partial charge < -0.3 is 5.53 Å². The number of unbranched alkanes of at least 4 members (excludes halogenated alkanes) is 17. The maximum Gasteiger partial charge on any atom is 0.210 e. The SMILES string of the molecule is CCCCCCCCCCCCCCCCCc1ccc(C2=CC(CCCCC)=C(c3cccc(CCCC)c3)[N+]2=[N-])cc1. The van der Waals surface area contributed by atoms with Crippen LogP contribution in [0, 0.1) is 0 Å². The van der Waals surface area contributed by atoms with Crippen molar-refractivity contribution >= 4 is 11.4 Å². The fraction of sp³-hybridized carbons (Fsp3) is 0.619. The van der Waals surface area contributed by atoms with Crippen molar-refractivity contribution in [2.24, 2.45) is 0 Å². The Kier molecular flexibility index (Phi) is 18.1. The average Bonchev–Trinajstić information content (AvgIpc) is 3.38. The van der Waals surface area contributed by atoms with E-state index in [1.54, 1.807) is 0 Å². The van der Waals surface area contributed by atoms with Gasteiger partial charge in [-0.25, -0.2) is 4.70 Å². The molecule has 0 radical (unpaired) electrons. The van der Waals surface area contributed by atoms with Crippen LogP contribution in [0.25, 0.3) is 16.9 Å². The van der Waals surface area contributed by atoms with Crippen molar-refractivity contribution in [3.63, 3.8) is 0 Å². The highest BCUT2D eigenvalue weighted by Gasteiger charge is 2.28. The van der Waals surface area contributed by atoms with Gasteiger partial charge in [0, 0.05) is 22.8 Å². The largest absolute Gasteiger partial charge is 0.493 e. The van der Waals surface area contributed by atoms with Crippen molar-refractivity contribution < 1.29 is 4.70 Å². The lowest BCUT2D eigenvalue weighted by Crippen LogP contribution is -2.03. The van der Waals surface area contributed by atoms with Gasteiger partial charge in [-0.1, -0.05) is 154 Å². The van der Waals surface area contributed by atoms with Gasteiger partial charge in [0.2, 0.25) is 11.4 Å². The van der Waals surface area contributed by atoms with Gasteiger partial charge in [-0.15, -0.1) is 0 Å². The number of benzene rings is 2. The Labute approximate surface area is 271 Å². The molecule has 0 spiro atoms. The van der Waals surface area contributed by atoms with Gasteiger partial charge in [0.15, 0.2) is 0 Å². The molecule has 0 saturated carbocycles. The van der Waals surface area contributed by atoms with E-state index in [2.05, 4.69) is 75.4 Å². The number of nitrogens with zero attached hydrogens (tertiary/aromatic N) is 2. The Morgan fingerprint density at radius 2 is 0.977 bits per heavy atom. The Balaban J connectivity index is 1.40. The molecule has 242 valence electrons. The predicted octanol–water partition coefficient (Wildman–Crippen LogP) is 13.8. The molecule has 0 amide bonds. The highest BCUT2D eigenvalue weighted by Crippen LogP contribution is 2.37. The highest BCUT2D eigenvalue weighted by molar-refractivity contribution is 5.78. The second-order valence-electron chi connectivity index (χ2n) is 13.4. The molecular formula is C42H64N2. The molecule has 0 atom stereocenters. The summed E-state index contributed by atoms with van der Waals surface area (Å²) in [5.41, 5.74) is 19.6. The van der Waals surface area contributed by atoms with Crippen LogP contribution in [0.15, 0.2) is 60.2 Å². The second-order valence-corrected chi connectivity index (χ2v) is 13.4. The van der Waals surface area contributed by atoms with E-state index in [1.165, 1.54) is 143 Å². The standard InChI is InChI=1S/C42H64N2/c1-4-7-10-11-12-13-14-15-16-17-18-19-20-21-23-26-36-30-32-38(33-31-36)41-35-40(28-22-8-5-2)42(44(41)43)39-29-24-27-37(34-39)25-9-6-3/h24,27,29-35H,4-23,25-26,28H2,1-3H3. The number of allylic oxidation sites excluding steroid dienone is 2. The first kappa shape index (κ1) is 36.0. The van der Waals surface area contributed by atoms with E-state index in [0.29, 0.717) is 0 Å². The van der Waals surface area contributed by atoms with Crippen molar-refractivity contribution in [1.82, 2.24) is 0 Å². The lowest BCUT2D eigenvalue weighted by molar-refractivity contribution is -0.344. The minimum Gasteiger partial charge on any atom is -0.493 e. The molecule has 0 unspecified atom stereocenters. The molecule has 1 heterocycles. The van der Waals surface area contributed by atoms with Crippen LogP contribution < -0.4 is 0 Å². The predicted molar refractivity (Wildman–Crippen MR) is 193 cm³/mol. The van der Waals surface area contributed by atoms with Crippen LogP contribution in [0.1, 0.15) is 178 Å². The molecule has 3 rings (SSSR count). The van der Waals surface area contributed by atoms with E-state index in [0.717, 1.165) is 48.2 Å². The van der Waals surface area contributed by atoms with Crippen LogP contribution in [0.2, 0.25) is 0 Å². The lowest BCUT2D eigenvalue weighted by Gasteiger charge is -2.11. The molecule has 1 aliphatic heterocycles. The van der Waals surface area contributed by atoms with Crippen molar-refractivity contribution in [3.8, 4) is 0 Å². The fourth-order valence-electron chi connectivity index (χ4n) is 6.62. The van der Waals surface area contributed by atoms with Crippen molar-refractivity contribution in [2.75, 3.05) is 0 Å². The van der Waals surface area contributed by atoms with E-state index >= 15 is 0 Å². The molecule has 2 aromatic carbocycles. The van der Waals surface area contributed by atoms with Crippen molar-refractivity contribution in [3.05, 3.63) is 88.0 Å². The van der Waals surface area contributed by atoms with E-state index in [9.17, 15) is 5.53 Å². The van der Waals surface area contributed by atoms with Crippen molar-refractivity contribution in [1.29, 1.82) is 0 Å². The van der Waals surface area contributed by atoms with E-state index in [-0.39, 0.29) is 0 Å². The van der Waals surface area contributed by atoms with Gasteiger partial charge >= 0.3 is 0 Å². The smallest absolute Gasteiger partial charge is 0.210 e. The zero-order chi connectivity index (χ0) is 31.2. The second kappa shape index (κ2) is 22.1. The Bertz CT molecular complexity index is 1140. The van der Waals surface area contributed by atoms with Gasteiger partial charge in [0.25, 0.3) is 0 Å². The van der Waals surface area contributed by atoms with E-state index in [4.69, 9.17) is 0 Å². The zero-order valence-corrected chi connectivity index (χ0v) is 28.9. The molecule has 1 aliphatic rings. The Morgan fingerprint density at radius 1 is 0.477 bits per heavy atom. The number of rotatable bonds is 25. The van der Waals surface area contributed by atoms with Gasteiger partial charge in [0.05, 0.1) is 0 Å². The molecule has 0 aromatic heterocycles. The molecule has 0 saturated heterocycles. The van der Waals surface area contributed by atoms with Crippen LogP contribution in [-0.2, 0) is 12.8 Å². The number of hydrogen-bond acceptors (Lipinski definition) is 0. The Hall–Kier alpha value is -2.48. The summed E-state index contributed by atoms with van der Waals surface area (Å²) in [6, 6.07) is 17.8. The van der Waals surface area contributed by atoms with Crippen LogP contribution >= 0.6 is 0 Å². The minimum absolute atomic E-state index is 0.906. The summed E-state index contributed by atoms with van der Waals surface area (Å²) in [7, 11) is 0. The molecular weight excluding hydrogens is 532 g/mol. The van der Waals surface area contributed by atoms with Gasteiger partial charge in [-0.3, -0.25) is 0 Å². The van der Waals surface area contributed by atoms with Gasteiger partial charge in [-0.2, -0.15) is 0 Å². The lowest BCUT2D eigenvalue weighted by atomic mass is 9.99. The van der Waals surface area contributed by atoms with Gasteiger partial charge in [0.1, 0.15) is 0 Å². The molecule has 0 bridgehead atoms. The zero-order valence-electron chi connectivity index (χ0n) is 28.9. The summed E-state index contributed by atoms with van der Waals surface area (Å²) >= 11 is 0. The summed E-state index contributed by atoms with van der Waals surface area (Å²) in [4.78, 5) is 0. The number of hydrogen-bond donors (Lipinski definition) is 0. The van der Waals surface area contributed by atoms with Crippen molar-refractivity contribution in [2.45, 2.75) is 168 Å². The van der Waals surface area contributed by atoms with Crippen LogP contribution in [0.3, 0.4) is 0 Å². The first-order valence-corrected chi connectivity index (χ1v) is 18.8. The molecule has 0 N–H and O–H groups in total. The minimum atomic E-state index is 0.906. The molecule has 44 heavy (non-hydrogen) atoms. The fourth-order valence-corrected chi connectivity index (χ4v) is 6.62. The van der Waals surface area contributed by atoms with Gasteiger partial charge in [-0.05, 0) is 73.9 Å². The first-order chi connectivity index (χ1) is 21.7. The Morgan fingerprint density at radius 3 is 1.57 bits per heavy atom. The topological polar surface area (TPSA) is 25.3 Å². The van der Waals surface area contributed by atoms with Crippen LogP contribution in [-0.4, -0.2) is 4.70 Å². The molecule has 2 heteroatoms. The normalized spacial score (nSPS) is 13.2. The average molecular weight is 597 g/mol. The highest BCUT2D eigenvalue weighted by atomic mass is 15.2. The van der Waals surface area contributed by atoms with Crippen LogP contribution in [0.4, 0.5) is 0 Å². The maximum absolute atomic E-state index is 11.5. The third-order valence-corrected chi connectivity index (χ3v) is 9.44. The molecule has 2 aromatic rings. The summed E-state index contributed by atoms with van der Waals surface area (Å²) in [6.45, 7) is 6.79. The first-order valence-electron chi connectivity index (χ1n) is 18.8. The third-order valence-electron chi connectivity index (χ3n) is 9.44. The molecule has 0 aliphatic carbocycles. The summed E-state index contributed by atoms with van der Waals surface area (Å²) in [5, 5.41) is 0. The summed E-state index contributed by atoms with van der Waals surface area (Å²) < 4.78 is 1.46. The van der Waals surface area contributed by atoms with E-state index in [1.807, 2.05) is 0 Å². The van der Waals surface area contributed by atoms with E-state index < -0.39 is 0 Å². The third kappa shape index (κ3) is 12.9.